The average molecular weight is 341 g/mol. The van der Waals surface area contributed by atoms with Crippen molar-refractivity contribution in [3.05, 3.63) is 47.9 Å². The third-order valence-electron chi connectivity index (χ3n) is 4.15. The van der Waals surface area contributed by atoms with Gasteiger partial charge in [0, 0.05) is 24.3 Å². The second-order valence-corrected chi connectivity index (χ2v) is 6.43. The lowest BCUT2D eigenvalue weighted by molar-refractivity contribution is -0.117. The van der Waals surface area contributed by atoms with Gasteiger partial charge in [0.05, 0.1) is 13.1 Å². The van der Waals surface area contributed by atoms with Crippen molar-refractivity contribution in [2.24, 2.45) is 0 Å². The number of carbonyl (C=O) groups is 2. The van der Waals surface area contributed by atoms with Gasteiger partial charge in [0.25, 0.3) is 0 Å². The summed E-state index contributed by atoms with van der Waals surface area (Å²) >= 11 is 0. The van der Waals surface area contributed by atoms with E-state index in [-0.39, 0.29) is 18.4 Å². The SMILES string of the molecule is Cc1ccc(CN(C)CC(=O)Nc2cccc(N3CCCC3=O)c2)o1. The molecule has 1 saturated heterocycles. The molecule has 2 aromatic rings. The summed E-state index contributed by atoms with van der Waals surface area (Å²) in [7, 11) is 1.87. The maximum absolute atomic E-state index is 12.3. The molecule has 0 atom stereocenters. The number of rotatable bonds is 6. The molecule has 0 bridgehead atoms. The number of hydrogen-bond acceptors (Lipinski definition) is 4. The maximum atomic E-state index is 12.3. The summed E-state index contributed by atoms with van der Waals surface area (Å²) in [5.74, 6) is 1.73. The lowest BCUT2D eigenvalue weighted by atomic mass is 10.2. The van der Waals surface area contributed by atoms with Crippen molar-refractivity contribution in [3.63, 3.8) is 0 Å². The number of furan rings is 1. The van der Waals surface area contributed by atoms with E-state index in [4.69, 9.17) is 4.42 Å². The zero-order valence-electron chi connectivity index (χ0n) is 14.6. The van der Waals surface area contributed by atoms with E-state index < -0.39 is 0 Å². The van der Waals surface area contributed by atoms with E-state index in [2.05, 4.69) is 5.32 Å². The number of anilines is 2. The fourth-order valence-electron chi connectivity index (χ4n) is 3.01. The molecule has 2 heterocycles. The smallest absolute Gasteiger partial charge is 0.238 e. The summed E-state index contributed by atoms with van der Waals surface area (Å²) in [4.78, 5) is 27.8. The first-order chi connectivity index (χ1) is 12.0. The second kappa shape index (κ2) is 7.53. The summed E-state index contributed by atoms with van der Waals surface area (Å²) < 4.78 is 5.53. The Morgan fingerprint density at radius 2 is 2.16 bits per heavy atom. The molecule has 2 amide bonds. The van der Waals surface area contributed by atoms with Crippen molar-refractivity contribution >= 4 is 23.2 Å². The number of aryl methyl sites for hydroxylation is 1. The molecule has 25 heavy (non-hydrogen) atoms. The number of hydrogen-bond donors (Lipinski definition) is 1. The zero-order chi connectivity index (χ0) is 17.8. The number of benzene rings is 1. The minimum Gasteiger partial charge on any atom is -0.465 e. The molecule has 6 nitrogen and oxygen atoms in total. The molecule has 0 spiro atoms. The van der Waals surface area contributed by atoms with Gasteiger partial charge in [-0.25, -0.2) is 0 Å². The van der Waals surface area contributed by atoms with Crippen molar-refractivity contribution in [1.82, 2.24) is 4.90 Å². The molecule has 1 aliphatic rings. The van der Waals surface area contributed by atoms with Crippen LogP contribution in [0.15, 0.2) is 40.8 Å². The van der Waals surface area contributed by atoms with Gasteiger partial charge in [-0.1, -0.05) is 6.07 Å². The largest absolute Gasteiger partial charge is 0.465 e. The van der Waals surface area contributed by atoms with E-state index in [0.29, 0.717) is 18.7 Å². The average Bonchev–Trinajstić information content (AvgIpc) is 3.15. The van der Waals surface area contributed by atoms with Crippen LogP contribution in [0.3, 0.4) is 0 Å². The molecule has 1 N–H and O–H groups in total. The highest BCUT2D eigenvalue weighted by Gasteiger charge is 2.21. The van der Waals surface area contributed by atoms with Crippen LogP contribution < -0.4 is 10.2 Å². The minimum absolute atomic E-state index is 0.101. The Morgan fingerprint density at radius 1 is 1.32 bits per heavy atom. The summed E-state index contributed by atoms with van der Waals surface area (Å²) in [5, 5.41) is 2.89. The molecule has 1 aromatic carbocycles. The number of amides is 2. The van der Waals surface area contributed by atoms with E-state index in [1.54, 1.807) is 4.90 Å². The highest BCUT2D eigenvalue weighted by molar-refractivity contribution is 5.97. The van der Waals surface area contributed by atoms with Gasteiger partial charge < -0.3 is 14.6 Å². The lowest BCUT2D eigenvalue weighted by Crippen LogP contribution is -2.30. The molecule has 1 aliphatic heterocycles. The second-order valence-electron chi connectivity index (χ2n) is 6.43. The van der Waals surface area contributed by atoms with Gasteiger partial charge >= 0.3 is 0 Å². The van der Waals surface area contributed by atoms with Gasteiger partial charge in [0.15, 0.2) is 0 Å². The molecular weight excluding hydrogens is 318 g/mol. The molecule has 1 fully saturated rings. The van der Waals surface area contributed by atoms with Crippen LogP contribution in [0, 0.1) is 6.92 Å². The maximum Gasteiger partial charge on any atom is 0.238 e. The lowest BCUT2D eigenvalue weighted by Gasteiger charge is -2.18. The van der Waals surface area contributed by atoms with Crippen molar-refractivity contribution in [2.75, 3.05) is 30.4 Å². The Morgan fingerprint density at radius 3 is 2.84 bits per heavy atom. The van der Waals surface area contributed by atoms with Gasteiger partial charge in [0.2, 0.25) is 11.8 Å². The predicted molar refractivity (Wildman–Crippen MR) is 96.4 cm³/mol. The van der Waals surface area contributed by atoms with E-state index in [1.165, 1.54) is 0 Å². The topological polar surface area (TPSA) is 65.8 Å². The molecule has 0 radical (unpaired) electrons. The van der Waals surface area contributed by atoms with Crippen LogP contribution in [0.25, 0.3) is 0 Å². The van der Waals surface area contributed by atoms with Crippen molar-refractivity contribution in [2.45, 2.75) is 26.3 Å². The molecule has 3 rings (SSSR count). The Bertz CT molecular complexity index is 769. The molecule has 6 heteroatoms. The fourth-order valence-corrected chi connectivity index (χ4v) is 3.01. The Balaban J connectivity index is 1.56. The molecule has 132 valence electrons. The van der Waals surface area contributed by atoms with Gasteiger partial charge in [-0.3, -0.25) is 14.5 Å². The minimum atomic E-state index is -0.101. The van der Waals surface area contributed by atoms with Crippen LogP contribution >= 0.6 is 0 Å². The normalized spacial score (nSPS) is 14.4. The summed E-state index contributed by atoms with van der Waals surface area (Å²) in [6.45, 7) is 3.46. The number of nitrogens with zero attached hydrogens (tertiary/aromatic N) is 2. The van der Waals surface area contributed by atoms with Gasteiger partial charge in [-0.15, -0.1) is 0 Å². The summed E-state index contributed by atoms with van der Waals surface area (Å²) in [6, 6.07) is 11.2. The molecule has 1 aromatic heterocycles. The van der Waals surface area contributed by atoms with Gasteiger partial charge in [-0.2, -0.15) is 0 Å². The van der Waals surface area contributed by atoms with Crippen LogP contribution in [0.4, 0.5) is 11.4 Å². The third-order valence-corrected chi connectivity index (χ3v) is 4.15. The molecular formula is C19H23N3O3. The van der Waals surface area contributed by atoms with Crippen molar-refractivity contribution in [1.29, 1.82) is 0 Å². The number of nitrogens with one attached hydrogen (secondary N) is 1. The quantitative estimate of drug-likeness (QED) is 0.877. The Kier molecular flexibility index (Phi) is 5.19. The van der Waals surface area contributed by atoms with Crippen molar-refractivity contribution < 1.29 is 14.0 Å². The van der Waals surface area contributed by atoms with Crippen LogP contribution in [0.5, 0.6) is 0 Å². The fraction of sp³-hybridized carbons (Fsp3) is 0.368. The first kappa shape index (κ1) is 17.2. The third kappa shape index (κ3) is 4.48. The molecule has 0 saturated carbocycles. The van der Waals surface area contributed by atoms with E-state index in [1.807, 2.05) is 55.3 Å². The number of carbonyl (C=O) groups excluding carboxylic acids is 2. The van der Waals surface area contributed by atoms with E-state index in [0.717, 1.165) is 30.2 Å². The number of likely N-dealkylation sites (N-methyl/N-ethyl adjacent to an activating group) is 1. The van der Waals surface area contributed by atoms with Crippen molar-refractivity contribution in [3.8, 4) is 0 Å². The predicted octanol–water partition coefficient (Wildman–Crippen LogP) is 2.79. The highest BCUT2D eigenvalue weighted by atomic mass is 16.3. The monoisotopic (exact) mass is 341 g/mol. The molecule has 0 unspecified atom stereocenters. The van der Waals surface area contributed by atoms with Crippen LogP contribution in [-0.4, -0.2) is 36.9 Å². The van der Waals surface area contributed by atoms with Gasteiger partial charge in [0.1, 0.15) is 11.5 Å². The standard InChI is InChI=1S/C19H23N3O3/c1-14-8-9-17(25-14)12-21(2)13-18(23)20-15-5-3-6-16(11-15)22-10-4-7-19(22)24/h3,5-6,8-9,11H,4,7,10,12-13H2,1-2H3,(H,20,23). The van der Waals surface area contributed by atoms with Crippen LogP contribution in [-0.2, 0) is 16.1 Å². The zero-order valence-corrected chi connectivity index (χ0v) is 14.6. The summed E-state index contributed by atoms with van der Waals surface area (Å²) in [5.41, 5.74) is 1.53. The first-order valence-electron chi connectivity index (χ1n) is 8.45. The van der Waals surface area contributed by atoms with E-state index in [9.17, 15) is 9.59 Å². The van der Waals surface area contributed by atoms with Crippen LogP contribution in [0.2, 0.25) is 0 Å². The highest BCUT2D eigenvalue weighted by Crippen LogP contribution is 2.24. The van der Waals surface area contributed by atoms with Gasteiger partial charge in [-0.05, 0) is 50.7 Å². The summed E-state index contributed by atoms with van der Waals surface area (Å²) in [6.07, 6.45) is 1.47. The molecule has 0 aliphatic carbocycles. The first-order valence-corrected chi connectivity index (χ1v) is 8.45. The Labute approximate surface area is 147 Å². The van der Waals surface area contributed by atoms with E-state index >= 15 is 0 Å². The Hall–Kier alpha value is -2.60. The van der Waals surface area contributed by atoms with Crippen LogP contribution in [0.1, 0.15) is 24.4 Å².